The highest BCUT2D eigenvalue weighted by atomic mass is 32.2. The molecule has 1 aliphatic carbocycles. The lowest BCUT2D eigenvalue weighted by molar-refractivity contribution is 0.0778. The minimum atomic E-state index is -0.622. The lowest BCUT2D eigenvalue weighted by Crippen LogP contribution is -2.47. The molecule has 2 heterocycles. The maximum Gasteiger partial charge on any atom is 0.191 e. The summed E-state index contributed by atoms with van der Waals surface area (Å²) in [6, 6.07) is 4.46. The first-order chi connectivity index (χ1) is 12.2. The van der Waals surface area contributed by atoms with Crippen LogP contribution in [0.1, 0.15) is 50.3 Å². The molecule has 3 N–H and O–H groups in total. The van der Waals surface area contributed by atoms with Gasteiger partial charge in [0.05, 0.1) is 12.1 Å². The second-order valence-corrected chi connectivity index (χ2v) is 9.45. The van der Waals surface area contributed by atoms with Crippen molar-refractivity contribution in [3.05, 3.63) is 22.4 Å². The highest BCUT2D eigenvalue weighted by Gasteiger charge is 2.35. The van der Waals surface area contributed by atoms with Gasteiger partial charge in [-0.05, 0) is 43.4 Å². The largest absolute Gasteiger partial charge is 0.387 e. The van der Waals surface area contributed by atoms with Gasteiger partial charge in [0.1, 0.15) is 0 Å². The first kappa shape index (κ1) is 19.1. The number of nitrogens with zero attached hydrogens (tertiary/aromatic N) is 1. The molecule has 1 saturated heterocycles. The summed E-state index contributed by atoms with van der Waals surface area (Å²) in [5.74, 6) is 2.68. The van der Waals surface area contributed by atoms with Gasteiger partial charge in [0.2, 0.25) is 0 Å². The van der Waals surface area contributed by atoms with E-state index in [0.717, 1.165) is 37.0 Å². The molecule has 0 radical (unpaired) electrons. The van der Waals surface area contributed by atoms with Crippen molar-refractivity contribution in [2.45, 2.75) is 56.5 Å². The van der Waals surface area contributed by atoms with Crippen LogP contribution in [0.5, 0.6) is 0 Å². The van der Waals surface area contributed by atoms with Crippen LogP contribution in [-0.2, 0) is 5.41 Å². The second-order valence-electron chi connectivity index (χ2n) is 7.39. The van der Waals surface area contributed by atoms with E-state index in [1.165, 1.54) is 37.0 Å². The average molecular weight is 382 g/mol. The Labute approximate surface area is 159 Å². The van der Waals surface area contributed by atoms with Crippen LogP contribution < -0.4 is 10.6 Å². The van der Waals surface area contributed by atoms with Crippen molar-refractivity contribution in [3.63, 3.8) is 0 Å². The van der Waals surface area contributed by atoms with Gasteiger partial charge >= 0.3 is 0 Å². The third-order valence-corrected chi connectivity index (χ3v) is 7.76. The predicted molar refractivity (Wildman–Crippen MR) is 110 cm³/mol. The summed E-state index contributed by atoms with van der Waals surface area (Å²) in [4.78, 5) is 6.20. The summed E-state index contributed by atoms with van der Waals surface area (Å²) in [6.07, 6.45) is 7.32. The molecule has 0 aromatic carbocycles. The minimum absolute atomic E-state index is 0.239. The van der Waals surface area contributed by atoms with Crippen molar-refractivity contribution in [1.82, 2.24) is 10.6 Å². The molecule has 25 heavy (non-hydrogen) atoms. The third kappa shape index (κ3) is 4.92. The number of rotatable bonds is 6. The van der Waals surface area contributed by atoms with Crippen molar-refractivity contribution in [2.24, 2.45) is 4.99 Å². The summed E-state index contributed by atoms with van der Waals surface area (Å²) in [5.41, 5.74) is -0.383. The van der Waals surface area contributed by atoms with Gasteiger partial charge in [-0.2, -0.15) is 11.8 Å². The molecule has 0 amide bonds. The van der Waals surface area contributed by atoms with Crippen molar-refractivity contribution in [3.8, 4) is 0 Å². The number of aliphatic hydroxyl groups is 1. The molecule has 2 aliphatic rings. The smallest absolute Gasteiger partial charge is 0.191 e. The molecule has 2 fully saturated rings. The molecule has 1 aromatic rings. The Hall–Kier alpha value is -0.720. The van der Waals surface area contributed by atoms with Gasteiger partial charge in [0, 0.05) is 29.1 Å². The van der Waals surface area contributed by atoms with E-state index in [4.69, 9.17) is 4.99 Å². The number of guanidine groups is 1. The fourth-order valence-electron chi connectivity index (χ4n) is 3.86. The fourth-order valence-corrected chi connectivity index (χ4v) is 6.13. The zero-order valence-electron chi connectivity index (χ0n) is 15.2. The van der Waals surface area contributed by atoms with E-state index in [-0.39, 0.29) is 5.41 Å². The van der Waals surface area contributed by atoms with Gasteiger partial charge in [0.15, 0.2) is 5.96 Å². The molecule has 3 rings (SSSR count). The van der Waals surface area contributed by atoms with E-state index in [1.807, 2.05) is 23.1 Å². The van der Waals surface area contributed by atoms with E-state index in [0.29, 0.717) is 6.54 Å². The number of hydrogen-bond acceptors (Lipinski definition) is 4. The Morgan fingerprint density at radius 3 is 2.72 bits per heavy atom. The molecule has 140 valence electrons. The Bertz CT molecular complexity index is 547. The molecular weight excluding hydrogens is 350 g/mol. The Morgan fingerprint density at radius 2 is 2.08 bits per heavy atom. The average Bonchev–Trinajstić information content (AvgIpc) is 3.31. The topological polar surface area (TPSA) is 56.7 Å². The van der Waals surface area contributed by atoms with Crippen molar-refractivity contribution in [1.29, 1.82) is 0 Å². The van der Waals surface area contributed by atoms with Crippen molar-refractivity contribution >= 4 is 29.1 Å². The maximum atomic E-state index is 10.5. The molecule has 0 bridgehead atoms. The normalized spacial score (nSPS) is 26.6. The summed E-state index contributed by atoms with van der Waals surface area (Å²) in [7, 11) is 0. The van der Waals surface area contributed by atoms with Gasteiger partial charge in [-0.1, -0.05) is 25.3 Å². The summed E-state index contributed by atoms with van der Waals surface area (Å²) in [5, 5.41) is 19.7. The molecule has 1 saturated carbocycles. The molecule has 6 heteroatoms. The number of aliphatic imine (C=N–C) groups is 1. The van der Waals surface area contributed by atoms with E-state index in [1.54, 1.807) is 0 Å². The number of nitrogens with one attached hydrogen (secondary N) is 2. The van der Waals surface area contributed by atoms with Crippen LogP contribution in [0.3, 0.4) is 0 Å². The first-order valence-electron chi connectivity index (χ1n) is 9.52. The fraction of sp³-hybridized carbons (Fsp3) is 0.737. The number of hydrogen-bond donors (Lipinski definition) is 3. The van der Waals surface area contributed by atoms with Gasteiger partial charge < -0.3 is 15.7 Å². The Balaban J connectivity index is 1.66. The molecule has 1 aliphatic heterocycles. The van der Waals surface area contributed by atoms with Gasteiger partial charge in [-0.3, -0.25) is 4.99 Å². The van der Waals surface area contributed by atoms with Crippen LogP contribution in [0.2, 0.25) is 0 Å². The first-order valence-corrected chi connectivity index (χ1v) is 11.6. The molecule has 1 unspecified atom stereocenters. The Kier molecular flexibility index (Phi) is 6.69. The van der Waals surface area contributed by atoms with E-state index in [2.05, 4.69) is 35.1 Å². The van der Waals surface area contributed by atoms with E-state index >= 15 is 0 Å². The predicted octanol–water partition coefficient (Wildman–Crippen LogP) is 3.37. The third-order valence-electron chi connectivity index (χ3n) is 5.41. The SMILES string of the molecule is CCNC(=NCC1(O)CCSC1)NCC1(c2cccs2)CCCCC1. The second kappa shape index (κ2) is 8.78. The van der Waals surface area contributed by atoms with Crippen LogP contribution in [0.4, 0.5) is 0 Å². The van der Waals surface area contributed by atoms with Crippen molar-refractivity contribution < 1.29 is 5.11 Å². The zero-order valence-corrected chi connectivity index (χ0v) is 16.9. The van der Waals surface area contributed by atoms with Crippen LogP contribution in [0.15, 0.2) is 22.5 Å². The molecule has 4 nitrogen and oxygen atoms in total. The standard InChI is InChI=1S/C19H31N3OS2/c1-2-20-17(22-14-19(23)10-12-24-15-19)21-13-18(8-4-3-5-9-18)16-7-6-11-25-16/h6-7,11,23H,2-5,8-10,12-15H2,1H3,(H2,20,21,22). The van der Waals surface area contributed by atoms with Gasteiger partial charge in [0.25, 0.3) is 0 Å². The zero-order chi connectivity index (χ0) is 17.6. The van der Waals surface area contributed by atoms with Crippen LogP contribution in [0.25, 0.3) is 0 Å². The summed E-state index contributed by atoms with van der Waals surface area (Å²) < 4.78 is 0. The Morgan fingerprint density at radius 1 is 1.24 bits per heavy atom. The number of thiophene rings is 1. The van der Waals surface area contributed by atoms with Crippen LogP contribution in [0, 0.1) is 0 Å². The number of thioether (sulfide) groups is 1. The molecule has 0 spiro atoms. The molecule has 1 atom stereocenters. The lowest BCUT2D eigenvalue weighted by atomic mass is 9.73. The quantitative estimate of drug-likeness (QED) is 0.522. The lowest BCUT2D eigenvalue weighted by Gasteiger charge is -2.37. The van der Waals surface area contributed by atoms with E-state index in [9.17, 15) is 5.11 Å². The van der Waals surface area contributed by atoms with Crippen LogP contribution in [-0.4, -0.2) is 47.8 Å². The molecular formula is C19H31N3OS2. The highest BCUT2D eigenvalue weighted by molar-refractivity contribution is 7.99. The highest BCUT2D eigenvalue weighted by Crippen LogP contribution is 2.41. The summed E-state index contributed by atoms with van der Waals surface area (Å²) in [6.45, 7) is 4.34. The van der Waals surface area contributed by atoms with Crippen LogP contribution >= 0.6 is 23.1 Å². The van der Waals surface area contributed by atoms with Gasteiger partial charge in [-0.25, -0.2) is 0 Å². The summed E-state index contributed by atoms with van der Waals surface area (Å²) >= 11 is 3.70. The van der Waals surface area contributed by atoms with Gasteiger partial charge in [-0.15, -0.1) is 11.3 Å². The van der Waals surface area contributed by atoms with Crippen molar-refractivity contribution in [2.75, 3.05) is 31.1 Å². The minimum Gasteiger partial charge on any atom is -0.387 e. The van der Waals surface area contributed by atoms with E-state index < -0.39 is 5.60 Å². The monoisotopic (exact) mass is 381 g/mol. The molecule has 1 aromatic heterocycles. The maximum absolute atomic E-state index is 10.5.